The summed E-state index contributed by atoms with van der Waals surface area (Å²) in [7, 11) is 0. The van der Waals surface area contributed by atoms with Gasteiger partial charge in [-0.3, -0.25) is 0 Å². The Kier molecular flexibility index (Phi) is 3.14. The molecule has 0 spiro atoms. The molecule has 1 aliphatic heterocycles. The van der Waals surface area contributed by atoms with Crippen molar-refractivity contribution < 1.29 is 9.53 Å². The molecule has 0 bridgehead atoms. The fraction of sp³-hybridized carbons (Fsp3) is 0.316. The van der Waals surface area contributed by atoms with Crippen molar-refractivity contribution in [1.82, 2.24) is 0 Å². The van der Waals surface area contributed by atoms with Gasteiger partial charge in [-0.1, -0.05) is 42.5 Å². The van der Waals surface area contributed by atoms with Crippen molar-refractivity contribution in [2.45, 2.75) is 25.3 Å². The predicted molar refractivity (Wildman–Crippen MR) is 88.0 cm³/mol. The van der Waals surface area contributed by atoms with Gasteiger partial charge in [0.25, 0.3) is 0 Å². The first-order valence-electron chi connectivity index (χ1n) is 7.91. The van der Waals surface area contributed by atoms with Crippen molar-refractivity contribution in [3.63, 3.8) is 0 Å². The molecule has 1 heterocycles. The molecular formula is C19H19NO2. The third-order valence-electron chi connectivity index (χ3n) is 4.80. The lowest BCUT2D eigenvalue weighted by Gasteiger charge is -2.36. The molecule has 0 aromatic heterocycles. The van der Waals surface area contributed by atoms with Crippen LogP contribution in [-0.2, 0) is 9.53 Å². The van der Waals surface area contributed by atoms with Gasteiger partial charge in [0.1, 0.15) is 6.04 Å². The van der Waals surface area contributed by atoms with Crippen molar-refractivity contribution in [3.05, 3.63) is 54.1 Å². The summed E-state index contributed by atoms with van der Waals surface area (Å²) < 4.78 is 5.26. The van der Waals surface area contributed by atoms with Gasteiger partial charge in [-0.25, -0.2) is 4.79 Å². The molecule has 0 amide bonds. The van der Waals surface area contributed by atoms with Crippen molar-refractivity contribution in [2.24, 2.45) is 5.92 Å². The Balaban J connectivity index is 1.85. The van der Waals surface area contributed by atoms with Gasteiger partial charge in [0.15, 0.2) is 0 Å². The summed E-state index contributed by atoms with van der Waals surface area (Å²) in [5, 5.41) is 5.95. The van der Waals surface area contributed by atoms with Crippen molar-refractivity contribution >= 4 is 22.4 Å². The van der Waals surface area contributed by atoms with Crippen molar-refractivity contribution in [2.75, 3.05) is 11.9 Å². The van der Waals surface area contributed by atoms with Crippen LogP contribution in [0, 0.1) is 5.92 Å². The average Bonchev–Trinajstić information content (AvgIpc) is 3.03. The van der Waals surface area contributed by atoms with Gasteiger partial charge in [0.05, 0.1) is 6.61 Å². The number of carbonyl (C=O) groups excluding carboxylic acids is 1. The SMILES string of the molecule is CCOC(=O)C1Nc2ccc3ccccc3c2C2C=CCC12. The first kappa shape index (κ1) is 13.4. The van der Waals surface area contributed by atoms with E-state index in [2.05, 4.69) is 53.9 Å². The number of nitrogens with one attached hydrogen (secondary N) is 1. The zero-order chi connectivity index (χ0) is 15.1. The Morgan fingerprint density at radius 3 is 3.00 bits per heavy atom. The van der Waals surface area contributed by atoms with Crippen LogP contribution in [0.25, 0.3) is 10.8 Å². The van der Waals surface area contributed by atoms with E-state index in [1.807, 2.05) is 6.92 Å². The Hall–Kier alpha value is -2.29. The molecule has 22 heavy (non-hydrogen) atoms. The lowest BCUT2D eigenvalue weighted by Crippen LogP contribution is -2.43. The molecule has 3 nitrogen and oxygen atoms in total. The van der Waals surface area contributed by atoms with Crippen LogP contribution in [0.15, 0.2) is 48.6 Å². The summed E-state index contributed by atoms with van der Waals surface area (Å²) in [4.78, 5) is 12.3. The van der Waals surface area contributed by atoms with Gasteiger partial charge in [0.2, 0.25) is 0 Å². The number of rotatable bonds is 2. The van der Waals surface area contributed by atoms with E-state index in [4.69, 9.17) is 4.74 Å². The zero-order valence-electron chi connectivity index (χ0n) is 12.6. The van der Waals surface area contributed by atoms with Gasteiger partial charge in [-0.2, -0.15) is 0 Å². The predicted octanol–water partition coefficient (Wildman–Crippen LogP) is 3.86. The standard InChI is InChI=1S/C19H19NO2/c1-2-22-19(21)18-15-9-5-8-14(15)17-13-7-4-3-6-12(13)10-11-16(17)20-18/h3-8,10-11,14-15,18,20H,2,9H2,1H3. The minimum Gasteiger partial charge on any atom is -0.464 e. The van der Waals surface area contributed by atoms with Gasteiger partial charge in [-0.05, 0) is 35.7 Å². The molecule has 2 aliphatic rings. The molecule has 1 aliphatic carbocycles. The molecule has 0 saturated heterocycles. The fourth-order valence-corrected chi connectivity index (χ4v) is 3.85. The Morgan fingerprint density at radius 1 is 1.27 bits per heavy atom. The summed E-state index contributed by atoms with van der Waals surface area (Å²) in [6.07, 6.45) is 5.37. The van der Waals surface area contributed by atoms with Crippen LogP contribution >= 0.6 is 0 Å². The Labute approximate surface area is 130 Å². The van der Waals surface area contributed by atoms with Crippen molar-refractivity contribution in [1.29, 1.82) is 0 Å². The molecule has 0 radical (unpaired) electrons. The van der Waals surface area contributed by atoms with Gasteiger partial charge < -0.3 is 10.1 Å². The van der Waals surface area contributed by atoms with Crippen LogP contribution in [0.4, 0.5) is 5.69 Å². The fourth-order valence-electron chi connectivity index (χ4n) is 3.85. The molecule has 3 heteroatoms. The number of benzene rings is 2. The lowest BCUT2D eigenvalue weighted by molar-refractivity contribution is -0.145. The highest BCUT2D eigenvalue weighted by molar-refractivity contribution is 5.93. The lowest BCUT2D eigenvalue weighted by atomic mass is 9.77. The molecular weight excluding hydrogens is 274 g/mol. The largest absolute Gasteiger partial charge is 0.464 e. The summed E-state index contributed by atoms with van der Waals surface area (Å²) in [5.41, 5.74) is 2.38. The van der Waals surface area contributed by atoms with E-state index < -0.39 is 0 Å². The maximum atomic E-state index is 12.3. The summed E-state index contributed by atoms with van der Waals surface area (Å²) in [5.74, 6) is 0.397. The van der Waals surface area contributed by atoms with Crippen LogP contribution in [0.2, 0.25) is 0 Å². The van der Waals surface area contributed by atoms with E-state index in [-0.39, 0.29) is 23.8 Å². The topological polar surface area (TPSA) is 38.3 Å². The highest BCUT2D eigenvalue weighted by atomic mass is 16.5. The molecule has 2 aromatic rings. The third kappa shape index (κ3) is 1.92. The van der Waals surface area contributed by atoms with E-state index in [1.165, 1.54) is 16.3 Å². The molecule has 1 N–H and O–H groups in total. The highest BCUT2D eigenvalue weighted by Gasteiger charge is 2.42. The van der Waals surface area contributed by atoms with Crippen LogP contribution < -0.4 is 5.32 Å². The van der Waals surface area contributed by atoms with E-state index >= 15 is 0 Å². The Morgan fingerprint density at radius 2 is 2.14 bits per heavy atom. The molecule has 3 unspecified atom stereocenters. The number of esters is 1. The first-order valence-corrected chi connectivity index (χ1v) is 7.91. The maximum Gasteiger partial charge on any atom is 0.328 e. The molecule has 4 rings (SSSR count). The molecule has 0 saturated carbocycles. The zero-order valence-corrected chi connectivity index (χ0v) is 12.6. The normalized spacial score (nSPS) is 25.4. The second-order valence-electron chi connectivity index (χ2n) is 5.98. The molecule has 2 aromatic carbocycles. The second-order valence-corrected chi connectivity index (χ2v) is 5.98. The smallest absolute Gasteiger partial charge is 0.328 e. The summed E-state index contributed by atoms with van der Waals surface area (Å²) in [6.45, 7) is 2.28. The number of ether oxygens (including phenoxy) is 1. The van der Waals surface area contributed by atoms with Crippen LogP contribution in [0.5, 0.6) is 0 Å². The van der Waals surface area contributed by atoms with Crippen LogP contribution in [0.1, 0.15) is 24.8 Å². The number of carbonyl (C=O) groups is 1. The van der Waals surface area contributed by atoms with Crippen LogP contribution in [0.3, 0.4) is 0 Å². The van der Waals surface area contributed by atoms with Crippen molar-refractivity contribution in [3.8, 4) is 0 Å². The van der Waals surface area contributed by atoms with E-state index in [0.717, 1.165) is 12.1 Å². The third-order valence-corrected chi connectivity index (χ3v) is 4.80. The number of hydrogen-bond acceptors (Lipinski definition) is 3. The average molecular weight is 293 g/mol. The minimum atomic E-state index is -0.256. The number of allylic oxidation sites excluding steroid dienone is 2. The van der Waals surface area contributed by atoms with E-state index in [9.17, 15) is 4.79 Å². The molecule has 112 valence electrons. The molecule has 3 atom stereocenters. The summed E-state index contributed by atoms with van der Waals surface area (Å²) in [6, 6.07) is 12.4. The van der Waals surface area contributed by atoms with E-state index in [1.54, 1.807) is 0 Å². The highest BCUT2D eigenvalue weighted by Crippen LogP contribution is 2.47. The minimum absolute atomic E-state index is 0.139. The van der Waals surface area contributed by atoms with Gasteiger partial charge >= 0.3 is 5.97 Å². The summed E-state index contributed by atoms with van der Waals surface area (Å²) >= 11 is 0. The van der Waals surface area contributed by atoms with E-state index in [0.29, 0.717) is 6.61 Å². The van der Waals surface area contributed by atoms with Gasteiger partial charge in [-0.15, -0.1) is 0 Å². The van der Waals surface area contributed by atoms with Crippen LogP contribution in [-0.4, -0.2) is 18.6 Å². The number of anilines is 1. The second kappa shape index (κ2) is 5.16. The quantitative estimate of drug-likeness (QED) is 0.675. The number of hydrogen-bond donors (Lipinski definition) is 1. The number of fused-ring (bicyclic) bond motifs is 5. The first-order chi connectivity index (χ1) is 10.8. The maximum absolute atomic E-state index is 12.3. The molecule has 0 fully saturated rings. The Bertz CT molecular complexity index is 765. The monoisotopic (exact) mass is 293 g/mol. The van der Waals surface area contributed by atoms with Gasteiger partial charge in [0, 0.05) is 17.5 Å².